The SMILES string of the molecule is CCCN(C(=O)C(NC(=O)OC(C)(C)C)C(C)C)C(C(=O)Nc1c(C)cccc1Cl)c1c(C)cccc1C. The molecule has 0 spiro atoms. The number of carbonyl (C=O) groups excluding carboxylic acids is 3. The van der Waals surface area contributed by atoms with Gasteiger partial charge in [0.25, 0.3) is 5.91 Å². The maximum absolute atomic E-state index is 14.2. The van der Waals surface area contributed by atoms with Crippen LogP contribution < -0.4 is 10.6 Å². The van der Waals surface area contributed by atoms with E-state index in [1.807, 2.05) is 71.9 Å². The maximum Gasteiger partial charge on any atom is 0.408 e. The van der Waals surface area contributed by atoms with E-state index in [9.17, 15) is 14.4 Å². The van der Waals surface area contributed by atoms with Crippen LogP contribution in [0.1, 0.15) is 76.3 Å². The maximum atomic E-state index is 14.2. The Morgan fingerprint density at radius 3 is 2.03 bits per heavy atom. The van der Waals surface area contributed by atoms with E-state index in [-0.39, 0.29) is 17.7 Å². The molecule has 2 aromatic rings. The van der Waals surface area contributed by atoms with Gasteiger partial charge in [0.05, 0.1) is 10.7 Å². The minimum atomic E-state index is -0.944. The lowest BCUT2D eigenvalue weighted by Crippen LogP contribution is -2.54. The molecule has 2 aromatic carbocycles. The van der Waals surface area contributed by atoms with Crippen LogP contribution in [0.15, 0.2) is 36.4 Å². The molecule has 0 saturated carbocycles. The molecule has 3 amide bonds. The number of rotatable bonds is 9. The molecule has 0 heterocycles. The molecule has 0 aliphatic carbocycles. The Balaban J connectivity index is 2.61. The number of amides is 3. The third kappa shape index (κ3) is 7.97. The molecule has 2 atom stereocenters. The minimum absolute atomic E-state index is 0.248. The van der Waals surface area contributed by atoms with Gasteiger partial charge in [0.1, 0.15) is 17.7 Å². The second kappa shape index (κ2) is 13.1. The highest BCUT2D eigenvalue weighted by Gasteiger charge is 2.38. The molecule has 0 radical (unpaired) electrons. The van der Waals surface area contributed by atoms with E-state index in [0.717, 1.165) is 22.3 Å². The molecule has 2 N–H and O–H groups in total. The highest BCUT2D eigenvalue weighted by atomic mass is 35.5. The predicted molar refractivity (Wildman–Crippen MR) is 153 cm³/mol. The predicted octanol–water partition coefficient (Wildman–Crippen LogP) is 6.73. The van der Waals surface area contributed by atoms with Gasteiger partial charge in [-0.05, 0) is 82.2 Å². The topological polar surface area (TPSA) is 87.7 Å². The van der Waals surface area contributed by atoms with Crippen LogP contribution >= 0.6 is 11.6 Å². The van der Waals surface area contributed by atoms with Gasteiger partial charge < -0.3 is 20.3 Å². The molecule has 0 aliphatic rings. The number of hydrogen-bond acceptors (Lipinski definition) is 4. The van der Waals surface area contributed by atoms with Gasteiger partial charge in [0, 0.05) is 6.54 Å². The summed E-state index contributed by atoms with van der Waals surface area (Å²) >= 11 is 6.44. The summed E-state index contributed by atoms with van der Waals surface area (Å²) in [5.74, 6) is -0.978. The number of carbonyl (C=O) groups is 3. The molecule has 8 heteroatoms. The molecule has 0 aliphatic heterocycles. The Hall–Kier alpha value is -3.06. The van der Waals surface area contributed by atoms with Crippen molar-refractivity contribution in [1.82, 2.24) is 10.2 Å². The second-order valence-electron chi connectivity index (χ2n) is 11.0. The Morgan fingerprint density at radius 1 is 0.974 bits per heavy atom. The van der Waals surface area contributed by atoms with Crippen molar-refractivity contribution >= 4 is 35.2 Å². The average molecular weight is 544 g/mol. The molecule has 0 saturated heterocycles. The first kappa shape index (κ1) is 31.2. The standard InChI is InChI=1S/C30H42ClN3O4/c1-10-17-34(28(36)24(18(2)3)33-29(37)38-30(7,8)9)26(23-19(4)13-11-14-20(23)5)27(35)32-25-21(6)15-12-16-22(25)31/h11-16,18,24,26H,10,17H2,1-9H3,(H,32,35)(H,33,37). The Kier molecular flexibility index (Phi) is 10.8. The van der Waals surface area contributed by atoms with Crippen LogP contribution in [0, 0.1) is 26.7 Å². The lowest BCUT2D eigenvalue weighted by molar-refractivity contribution is -0.141. The van der Waals surface area contributed by atoms with Crippen molar-refractivity contribution in [1.29, 1.82) is 0 Å². The van der Waals surface area contributed by atoms with Crippen molar-refractivity contribution in [2.45, 2.75) is 86.4 Å². The summed E-state index contributed by atoms with van der Waals surface area (Å²) in [5, 5.41) is 6.15. The summed E-state index contributed by atoms with van der Waals surface area (Å²) in [6.07, 6.45) is -0.0659. The van der Waals surface area contributed by atoms with Crippen LogP contribution in [-0.4, -0.2) is 41.0 Å². The zero-order valence-electron chi connectivity index (χ0n) is 24.1. The summed E-state index contributed by atoms with van der Waals surface area (Å²) in [4.78, 5) is 42.4. The number of halogens is 1. The number of hydrogen-bond donors (Lipinski definition) is 2. The van der Waals surface area contributed by atoms with Gasteiger partial charge in [-0.25, -0.2) is 4.79 Å². The fraction of sp³-hybridized carbons (Fsp3) is 0.500. The quantitative estimate of drug-likeness (QED) is 0.367. The molecule has 2 rings (SSSR count). The fourth-order valence-corrected chi connectivity index (χ4v) is 4.67. The number of nitrogens with zero attached hydrogens (tertiary/aromatic N) is 1. The third-order valence-corrected chi connectivity index (χ3v) is 6.51. The van der Waals surface area contributed by atoms with Crippen LogP contribution in [0.25, 0.3) is 0 Å². The number of anilines is 1. The first-order valence-electron chi connectivity index (χ1n) is 13.1. The zero-order valence-corrected chi connectivity index (χ0v) is 24.8. The lowest BCUT2D eigenvalue weighted by Gasteiger charge is -2.36. The number of benzene rings is 2. The Morgan fingerprint density at radius 2 is 1.53 bits per heavy atom. The third-order valence-electron chi connectivity index (χ3n) is 6.20. The van der Waals surface area contributed by atoms with Crippen molar-refractivity contribution in [3.8, 4) is 0 Å². The van der Waals surface area contributed by atoms with Crippen LogP contribution in [-0.2, 0) is 14.3 Å². The molecule has 0 aromatic heterocycles. The van der Waals surface area contributed by atoms with E-state index in [1.54, 1.807) is 31.7 Å². The monoisotopic (exact) mass is 543 g/mol. The van der Waals surface area contributed by atoms with Crippen LogP contribution in [0.4, 0.5) is 10.5 Å². The number of para-hydroxylation sites is 1. The number of nitrogens with one attached hydrogen (secondary N) is 2. The van der Waals surface area contributed by atoms with Gasteiger partial charge in [-0.2, -0.15) is 0 Å². The molecular weight excluding hydrogens is 502 g/mol. The van der Waals surface area contributed by atoms with Gasteiger partial charge in [-0.3, -0.25) is 9.59 Å². The van der Waals surface area contributed by atoms with Gasteiger partial charge >= 0.3 is 6.09 Å². The molecule has 7 nitrogen and oxygen atoms in total. The summed E-state index contributed by atoms with van der Waals surface area (Å²) in [6, 6.07) is 9.34. The van der Waals surface area contributed by atoms with Gasteiger partial charge in [-0.15, -0.1) is 0 Å². The van der Waals surface area contributed by atoms with E-state index in [2.05, 4.69) is 10.6 Å². The average Bonchev–Trinajstić information content (AvgIpc) is 2.79. The summed E-state index contributed by atoms with van der Waals surface area (Å²) in [5.41, 5.74) is 3.12. The first-order chi connectivity index (χ1) is 17.7. The van der Waals surface area contributed by atoms with E-state index >= 15 is 0 Å². The van der Waals surface area contributed by atoms with Gasteiger partial charge in [0.2, 0.25) is 5.91 Å². The first-order valence-corrected chi connectivity index (χ1v) is 13.5. The highest BCUT2D eigenvalue weighted by molar-refractivity contribution is 6.34. The van der Waals surface area contributed by atoms with E-state index < -0.39 is 23.8 Å². The fourth-order valence-electron chi connectivity index (χ4n) is 4.40. The summed E-state index contributed by atoms with van der Waals surface area (Å²) in [7, 11) is 0. The highest BCUT2D eigenvalue weighted by Crippen LogP contribution is 2.32. The molecule has 2 unspecified atom stereocenters. The van der Waals surface area contributed by atoms with Crippen molar-refractivity contribution in [2.24, 2.45) is 5.92 Å². The Labute approximate surface area is 232 Å². The second-order valence-corrected chi connectivity index (χ2v) is 11.4. The molecule has 38 heavy (non-hydrogen) atoms. The van der Waals surface area contributed by atoms with Gasteiger partial charge in [0.15, 0.2) is 0 Å². The van der Waals surface area contributed by atoms with E-state index in [4.69, 9.17) is 16.3 Å². The smallest absolute Gasteiger partial charge is 0.408 e. The number of ether oxygens (including phenoxy) is 1. The van der Waals surface area contributed by atoms with E-state index in [1.165, 1.54) is 0 Å². The number of alkyl carbamates (subject to hydrolysis) is 1. The van der Waals surface area contributed by atoms with Crippen LogP contribution in [0.5, 0.6) is 0 Å². The van der Waals surface area contributed by atoms with Crippen molar-refractivity contribution < 1.29 is 19.1 Å². The number of aryl methyl sites for hydroxylation is 3. The Bertz CT molecular complexity index is 1120. The molecular formula is C30H42ClN3O4. The van der Waals surface area contributed by atoms with Crippen molar-refractivity contribution in [2.75, 3.05) is 11.9 Å². The van der Waals surface area contributed by atoms with Gasteiger partial charge in [-0.1, -0.05) is 62.7 Å². The molecule has 208 valence electrons. The minimum Gasteiger partial charge on any atom is -0.444 e. The summed E-state index contributed by atoms with van der Waals surface area (Å²) in [6.45, 7) is 17.0. The lowest BCUT2D eigenvalue weighted by atomic mass is 9.92. The summed E-state index contributed by atoms with van der Waals surface area (Å²) < 4.78 is 5.43. The van der Waals surface area contributed by atoms with Crippen molar-refractivity contribution in [3.63, 3.8) is 0 Å². The van der Waals surface area contributed by atoms with Crippen molar-refractivity contribution in [3.05, 3.63) is 63.7 Å². The molecule has 0 fully saturated rings. The largest absolute Gasteiger partial charge is 0.444 e. The normalized spacial score (nSPS) is 13.0. The van der Waals surface area contributed by atoms with Crippen LogP contribution in [0.2, 0.25) is 5.02 Å². The molecule has 0 bridgehead atoms. The van der Waals surface area contributed by atoms with E-state index in [0.29, 0.717) is 23.7 Å². The van der Waals surface area contributed by atoms with Crippen LogP contribution in [0.3, 0.4) is 0 Å². The zero-order chi connectivity index (χ0) is 28.8.